The van der Waals surface area contributed by atoms with Crippen LogP contribution in [-0.2, 0) is 0 Å². The normalized spacial score (nSPS) is 11.4. The quantitative estimate of drug-likeness (QED) is 0.142. The Bertz CT molecular complexity index is 3650. The van der Waals surface area contributed by atoms with Gasteiger partial charge in [-0.25, -0.2) is 0 Å². The predicted octanol–water partition coefficient (Wildman–Crippen LogP) is 17.7. The van der Waals surface area contributed by atoms with E-state index in [1.165, 1.54) is 49.4 Å². The van der Waals surface area contributed by atoms with Gasteiger partial charge in [0.15, 0.2) is 0 Å². The third-order valence-corrected chi connectivity index (χ3v) is 12.7. The number of hydrogen-bond donors (Lipinski definition) is 0. The van der Waals surface area contributed by atoms with E-state index in [0.29, 0.717) is 0 Å². The Morgan fingerprint density at radius 3 is 1.52 bits per heavy atom. The molecule has 2 nitrogen and oxygen atoms in total. The highest BCUT2D eigenvalue weighted by molar-refractivity contribution is 6.22. The van der Waals surface area contributed by atoms with Crippen LogP contribution in [0.5, 0.6) is 0 Å². The molecule has 0 spiro atoms. The van der Waals surface area contributed by atoms with Gasteiger partial charge in [0.2, 0.25) is 0 Å². The minimum atomic E-state index is 0.895. The summed E-state index contributed by atoms with van der Waals surface area (Å²) in [6.07, 6.45) is 0. The van der Waals surface area contributed by atoms with E-state index >= 15 is 0 Å². The van der Waals surface area contributed by atoms with Crippen molar-refractivity contribution in [3.63, 3.8) is 0 Å². The van der Waals surface area contributed by atoms with Crippen LogP contribution in [0.3, 0.4) is 0 Å². The molecule has 0 aliphatic carbocycles. The van der Waals surface area contributed by atoms with Crippen LogP contribution in [0, 0.1) is 0 Å². The van der Waals surface area contributed by atoms with E-state index in [0.717, 1.165) is 66.8 Å². The van der Waals surface area contributed by atoms with E-state index in [2.05, 4.69) is 241 Å². The molecule has 0 aliphatic heterocycles. The summed E-state index contributed by atoms with van der Waals surface area (Å²) in [6.45, 7) is 0. The molecule has 1 heterocycles. The molecule has 12 aromatic rings. The third-order valence-electron chi connectivity index (χ3n) is 12.7. The molecule has 2 heteroatoms. The number of nitrogens with zero attached hydrogens (tertiary/aromatic N) is 1. The molecule has 300 valence electrons. The number of para-hydroxylation sites is 2. The summed E-state index contributed by atoms with van der Waals surface area (Å²) in [4.78, 5) is 2.40. The number of anilines is 3. The van der Waals surface area contributed by atoms with Crippen molar-refractivity contribution in [2.75, 3.05) is 4.90 Å². The average Bonchev–Trinajstić information content (AvgIpc) is 3.76. The highest BCUT2D eigenvalue weighted by atomic mass is 16.3. The first kappa shape index (κ1) is 37.3. The van der Waals surface area contributed by atoms with Gasteiger partial charge in [-0.3, -0.25) is 0 Å². The summed E-state index contributed by atoms with van der Waals surface area (Å²) in [5.74, 6) is 0. The maximum atomic E-state index is 6.28. The number of furan rings is 1. The first-order valence-electron chi connectivity index (χ1n) is 21.9. The SMILES string of the molecule is c1ccc(-c2ccccc2N(c2ccc(-c3cccc4oc5ccccc5c34)cc2)c2cccc(-c3ccc4c(c3)c(-c3ccccc3)c(-c3ccccc3)c3ccccc34)c2)cc1. The smallest absolute Gasteiger partial charge is 0.136 e. The second kappa shape index (κ2) is 15.8. The van der Waals surface area contributed by atoms with Gasteiger partial charge in [0.1, 0.15) is 11.2 Å². The van der Waals surface area contributed by atoms with Gasteiger partial charge in [0.25, 0.3) is 0 Å². The Balaban J connectivity index is 1.04. The lowest BCUT2D eigenvalue weighted by atomic mass is 9.84. The number of fused-ring (bicyclic) bond motifs is 6. The Labute approximate surface area is 372 Å². The van der Waals surface area contributed by atoms with Crippen LogP contribution in [0.1, 0.15) is 0 Å². The third kappa shape index (κ3) is 6.44. The standard InChI is InChI=1S/C62H41NO/c1-4-18-42(19-5-1)50-26-12-14-31-57(50)63(48-37-34-43(35-38-48)51-30-17-33-59-62(51)55-29-13-15-32-58(55)64-59)49-25-16-24-46(40-49)47-36-39-53-52-27-10-11-28-54(52)60(44-20-6-2-7-21-44)61(56(53)41-47)45-22-8-3-9-23-45/h1-41H. The van der Waals surface area contributed by atoms with Gasteiger partial charge >= 0.3 is 0 Å². The van der Waals surface area contributed by atoms with E-state index in [-0.39, 0.29) is 0 Å². The Kier molecular flexibility index (Phi) is 9.20. The van der Waals surface area contributed by atoms with Crippen molar-refractivity contribution in [2.24, 2.45) is 0 Å². The summed E-state index contributed by atoms with van der Waals surface area (Å²) >= 11 is 0. The second-order valence-electron chi connectivity index (χ2n) is 16.4. The van der Waals surface area contributed by atoms with E-state index < -0.39 is 0 Å². The van der Waals surface area contributed by atoms with Crippen LogP contribution in [0.25, 0.3) is 99.1 Å². The number of rotatable bonds is 8. The lowest BCUT2D eigenvalue weighted by Crippen LogP contribution is -2.11. The van der Waals surface area contributed by atoms with Crippen molar-refractivity contribution >= 4 is 60.5 Å². The highest BCUT2D eigenvalue weighted by Gasteiger charge is 2.21. The van der Waals surface area contributed by atoms with E-state index in [4.69, 9.17) is 4.42 Å². The van der Waals surface area contributed by atoms with E-state index in [9.17, 15) is 0 Å². The van der Waals surface area contributed by atoms with Crippen molar-refractivity contribution in [3.8, 4) is 55.6 Å². The van der Waals surface area contributed by atoms with Crippen molar-refractivity contribution in [1.82, 2.24) is 0 Å². The molecule has 0 atom stereocenters. The van der Waals surface area contributed by atoms with Gasteiger partial charge in [0, 0.05) is 27.7 Å². The molecule has 0 saturated carbocycles. The Morgan fingerprint density at radius 2 is 0.766 bits per heavy atom. The van der Waals surface area contributed by atoms with E-state index in [1.807, 2.05) is 12.1 Å². The zero-order valence-electron chi connectivity index (χ0n) is 35.0. The first-order chi connectivity index (χ1) is 31.8. The van der Waals surface area contributed by atoms with Crippen LogP contribution in [0.2, 0.25) is 0 Å². The molecule has 0 bridgehead atoms. The highest BCUT2D eigenvalue weighted by Crippen LogP contribution is 2.47. The minimum Gasteiger partial charge on any atom is -0.456 e. The summed E-state index contributed by atoms with van der Waals surface area (Å²) in [5, 5.41) is 7.24. The lowest BCUT2D eigenvalue weighted by molar-refractivity contribution is 0.669. The summed E-state index contributed by atoms with van der Waals surface area (Å²) in [7, 11) is 0. The zero-order valence-corrected chi connectivity index (χ0v) is 35.0. The molecule has 1 aromatic heterocycles. The topological polar surface area (TPSA) is 16.4 Å². The number of hydrogen-bond acceptors (Lipinski definition) is 2. The van der Waals surface area contributed by atoms with Gasteiger partial charge in [-0.15, -0.1) is 0 Å². The summed E-state index contributed by atoms with van der Waals surface area (Å²) in [5.41, 5.74) is 16.9. The maximum Gasteiger partial charge on any atom is 0.136 e. The van der Waals surface area contributed by atoms with Crippen molar-refractivity contribution in [1.29, 1.82) is 0 Å². The number of benzene rings is 11. The fourth-order valence-electron chi connectivity index (χ4n) is 9.77. The van der Waals surface area contributed by atoms with Crippen LogP contribution < -0.4 is 4.90 Å². The molecule has 11 aromatic carbocycles. The van der Waals surface area contributed by atoms with Gasteiger partial charge < -0.3 is 9.32 Å². The van der Waals surface area contributed by atoms with Gasteiger partial charge in [-0.2, -0.15) is 0 Å². The molecule has 12 rings (SSSR count). The zero-order chi connectivity index (χ0) is 42.4. The van der Waals surface area contributed by atoms with E-state index in [1.54, 1.807) is 0 Å². The molecular formula is C62H41NO. The van der Waals surface area contributed by atoms with Gasteiger partial charge in [0.05, 0.1) is 5.69 Å². The molecule has 0 amide bonds. The molecular weight excluding hydrogens is 775 g/mol. The van der Waals surface area contributed by atoms with Gasteiger partial charge in [-0.05, 0) is 120 Å². The Hall–Kier alpha value is -8.46. The molecule has 0 fully saturated rings. The molecule has 0 saturated heterocycles. The van der Waals surface area contributed by atoms with Gasteiger partial charge in [-0.1, -0.05) is 200 Å². The Morgan fingerprint density at radius 1 is 0.266 bits per heavy atom. The predicted molar refractivity (Wildman–Crippen MR) is 271 cm³/mol. The molecule has 0 radical (unpaired) electrons. The summed E-state index contributed by atoms with van der Waals surface area (Å²) < 4.78 is 6.28. The van der Waals surface area contributed by atoms with Crippen LogP contribution >= 0.6 is 0 Å². The van der Waals surface area contributed by atoms with Crippen LogP contribution in [-0.4, -0.2) is 0 Å². The average molecular weight is 816 g/mol. The lowest BCUT2D eigenvalue weighted by Gasteiger charge is -2.28. The molecule has 64 heavy (non-hydrogen) atoms. The minimum absolute atomic E-state index is 0.895. The molecule has 0 unspecified atom stereocenters. The largest absolute Gasteiger partial charge is 0.456 e. The first-order valence-corrected chi connectivity index (χ1v) is 21.9. The second-order valence-corrected chi connectivity index (χ2v) is 16.4. The van der Waals surface area contributed by atoms with Crippen molar-refractivity contribution < 1.29 is 4.42 Å². The fourth-order valence-corrected chi connectivity index (χ4v) is 9.77. The fraction of sp³-hybridized carbons (Fsp3) is 0. The van der Waals surface area contributed by atoms with Crippen molar-refractivity contribution in [3.05, 3.63) is 249 Å². The molecule has 0 N–H and O–H groups in total. The molecule has 0 aliphatic rings. The van der Waals surface area contributed by atoms with Crippen LogP contribution in [0.15, 0.2) is 253 Å². The van der Waals surface area contributed by atoms with Crippen LogP contribution in [0.4, 0.5) is 17.1 Å². The monoisotopic (exact) mass is 815 g/mol. The summed E-state index contributed by atoms with van der Waals surface area (Å²) in [6, 6.07) is 89.7. The maximum absolute atomic E-state index is 6.28. The van der Waals surface area contributed by atoms with Crippen molar-refractivity contribution in [2.45, 2.75) is 0 Å².